The van der Waals surface area contributed by atoms with Crippen molar-refractivity contribution in [3.8, 4) is 5.75 Å². The van der Waals surface area contributed by atoms with Crippen LogP contribution in [0.2, 0.25) is 0 Å². The fraction of sp³-hybridized carbons (Fsp3) is 0.421. The minimum absolute atomic E-state index is 0.0148. The first-order valence-electron chi connectivity index (χ1n) is 8.87. The summed E-state index contributed by atoms with van der Waals surface area (Å²) in [5.74, 6) is 1.42. The topological polar surface area (TPSA) is 67.3 Å². The summed E-state index contributed by atoms with van der Waals surface area (Å²) < 4.78 is 5.44. The molecule has 0 atom stereocenters. The van der Waals surface area contributed by atoms with Gasteiger partial charge in [0.05, 0.1) is 6.61 Å². The lowest BCUT2D eigenvalue weighted by Crippen LogP contribution is -2.32. The molecule has 0 radical (unpaired) electrons. The maximum Gasteiger partial charge on any atom is 0.272 e. The second-order valence-corrected chi connectivity index (χ2v) is 6.08. The number of rotatable bonds is 5. The Kier molecular flexibility index (Phi) is 5.82. The summed E-state index contributed by atoms with van der Waals surface area (Å²) in [4.78, 5) is 22.9. The summed E-state index contributed by atoms with van der Waals surface area (Å²) in [5.41, 5.74) is 1.32. The largest absolute Gasteiger partial charge is 0.494 e. The van der Waals surface area contributed by atoms with Crippen LogP contribution in [0.15, 0.2) is 36.7 Å². The van der Waals surface area contributed by atoms with Gasteiger partial charge in [-0.15, -0.1) is 0 Å². The average molecular weight is 340 g/mol. The van der Waals surface area contributed by atoms with Gasteiger partial charge in [-0.25, -0.2) is 9.97 Å². The van der Waals surface area contributed by atoms with E-state index in [1.807, 2.05) is 36.1 Å². The molecule has 0 unspecified atom stereocenters. The molecule has 132 valence electrons. The Morgan fingerprint density at radius 2 is 1.84 bits per heavy atom. The molecule has 2 heterocycles. The number of hydrogen-bond donors (Lipinski definition) is 1. The van der Waals surface area contributed by atoms with Crippen molar-refractivity contribution in [3.05, 3.63) is 42.4 Å². The van der Waals surface area contributed by atoms with Crippen LogP contribution in [0.1, 0.15) is 43.1 Å². The molecule has 0 bridgehead atoms. The third-order valence-electron chi connectivity index (χ3n) is 4.22. The van der Waals surface area contributed by atoms with Gasteiger partial charge in [-0.3, -0.25) is 4.79 Å². The third kappa shape index (κ3) is 4.68. The molecule has 1 saturated heterocycles. The number of carbonyl (C=O) groups is 1. The molecule has 0 aliphatic carbocycles. The minimum atomic E-state index is -0.0148. The highest BCUT2D eigenvalue weighted by atomic mass is 16.5. The minimum Gasteiger partial charge on any atom is -0.494 e. The number of ether oxygens (including phenoxy) is 1. The molecule has 6 nitrogen and oxygen atoms in total. The smallest absolute Gasteiger partial charge is 0.272 e. The van der Waals surface area contributed by atoms with Gasteiger partial charge in [0.15, 0.2) is 0 Å². The van der Waals surface area contributed by atoms with E-state index >= 15 is 0 Å². The monoisotopic (exact) mass is 340 g/mol. The van der Waals surface area contributed by atoms with Gasteiger partial charge in [-0.2, -0.15) is 0 Å². The Morgan fingerprint density at radius 1 is 1.12 bits per heavy atom. The third-order valence-corrected chi connectivity index (χ3v) is 4.22. The van der Waals surface area contributed by atoms with Crippen molar-refractivity contribution < 1.29 is 9.53 Å². The van der Waals surface area contributed by atoms with Crippen molar-refractivity contribution in [2.75, 3.05) is 25.0 Å². The van der Waals surface area contributed by atoms with Gasteiger partial charge < -0.3 is 15.0 Å². The average Bonchev–Trinajstić information content (AvgIpc) is 2.93. The lowest BCUT2D eigenvalue weighted by Gasteiger charge is -2.19. The number of nitrogens with zero attached hydrogens (tertiary/aromatic N) is 3. The van der Waals surface area contributed by atoms with Crippen LogP contribution in [0, 0.1) is 0 Å². The molecule has 1 aliphatic heterocycles. The predicted molar refractivity (Wildman–Crippen MR) is 97.3 cm³/mol. The number of likely N-dealkylation sites (tertiary alicyclic amines) is 1. The highest BCUT2D eigenvalue weighted by molar-refractivity contribution is 5.93. The van der Waals surface area contributed by atoms with Crippen LogP contribution in [0.4, 0.5) is 11.5 Å². The Balaban J connectivity index is 1.69. The van der Waals surface area contributed by atoms with E-state index in [1.165, 1.54) is 19.2 Å². The SMILES string of the molecule is CCOc1ccc(Nc2cc(C(=O)N3CCCCCC3)ncn2)cc1. The van der Waals surface area contributed by atoms with Gasteiger partial charge in [0.1, 0.15) is 23.6 Å². The lowest BCUT2D eigenvalue weighted by atomic mass is 10.2. The van der Waals surface area contributed by atoms with Gasteiger partial charge >= 0.3 is 0 Å². The molecule has 0 spiro atoms. The molecule has 1 amide bonds. The molecular formula is C19H24N4O2. The molecule has 1 aromatic carbocycles. The number of anilines is 2. The first kappa shape index (κ1) is 17.2. The normalized spacial score (nSPS) is 14.7. The molecule has 3 rings (SSSR count). The zero-order valence-corrected chi connectivity index (χ0v) is 14.6. The molecule has 1 aliphatic rings. The van der Waals surface area contributed by atoms with E-state index in [-0.39, 0.29) is 5.91 Å². The van der Waals surface area contributed by atoms with Crippen LogP contribution in [0.3, 0.4) is 0 Å². The fourth-order valence-corrected chi connectivity index (χ4v) is 2.93. The molecule has 1 N–H and O–H groups in total. The lowest BCUT2D eigenvalue weighted by molar-refractivity contribution is 0.0755. The van der Waals surface area contributed by atoms with E-state index < -0.39 is 0 Å². The molecular weight excluding hydrogens is 316 g/mol. The van der Waals surface area contributed by atoms with E-state index in [0.29, 0.717) is 18.1 Å². The number of carbonyl (C=O) groups excluding carboxylic acids is 1. The van der Waals surface area contributed by atoms with Crippen LogP contribution >= 0.6 is 0 Å². The van der Waals surface area contributed by atoms with Crippen molar-refractivity contribution in [2.24, 2.45) is 0 Å². The number of benzene rings is 1. The molecule has 6 heteroatoms. The van der Waals surface area contributed by atoms with Crippen LogP contribution in [-0.4, -0.2) is 40.5 Å². The number of aromatic nitrogens is 2. The highest BCUT2D eigenvalue weighted by Gasteiger charge is 2.18. The van der Waals surface area contributed by atoms with Crippen molar-refractivity contribution in [1.29, 1.82) is 0 Å². The maximum atomic E-state index is 12.7. The van der Waals surface area contributed by atoms with Gasteiger partial charge in [-0.1, -0.05) is 12.8 Å². The Bertz CT molecular complexity index is 695. The Hall–Kier alpha value is -2.63. The standard InChI is InChI=1S/C19H24N4O2/c1-2-25-16-9-7-15(8-10-16)22-18-13-17(20-14-21-18)19(24)23-11-5-3-4-6-12-23/h7-10,13-14H,2-6,11-12H2,1H3,(H,20,21,22). The quantitative estimate of drug-likeness (QED) is 0.900. The van der Waals surface area contributed by atoms with E-state index in [9.17, 15) is 4.79 Å². The zero-order chi connectivity index (χ0) is 17.5. The van der Waals surface area contributed by atoms with E-state index in [0.717, 1.165) is 37.4 Å². The summed E-state index contributed by atoms with van der Waals surface area (Å²) in [6.45, 7) is 4.21. The Labute approximate surface area is 148 Å². The van der Waals surface area contributed by atoms with E-state index in [1.54, 1.807) is 6.07 Å². The summed E-state index contributed by atoms with van der Waals surface area (Å²) in [7, 11) is 0. The molecule has 2 aromatic rings. The van der Waals surface area contributed by atoms with Crippen molar-refractivity contribution in [2.45, 2.75) is 32.6 Å². The summed E-state index contributed by atoms with van der Waals surface area (Å²) in [6.07, 6.45) is 5.94. The summed E-state index contributed by atoms with van der Waals surface area (Å²) >= 11 is 0. The summed E-state index contributed by atoms with van der Waals surface area (Å²) in [6, 6.07) is 9.35. The van der Waals surface area contributed by atoms with Crippen LogP contribution in [-0.2, 0) is 0 Å². The van der Waals surface area contributed by atoms with E-state index in [4.69, 9.17) is 4.74 Å². The maximum absolute atomic E-state index is 12.7. The van der Waals surface area contributed by atoms with Crippen LogP contribution in [0.25, 0.3) is 0 Å². The number of amides is 1. The fourth-order valence-electron chi connectivity index (χ4n) is 2.93. The first-order valence-corrected chi connectivity index (χ1v) is 8.87. The van der Waals surface area contributed by atoms with Crippen molar-refractivity contribution in [1.82, 2.24) is 14.9 Å². The molecule has 0 saturated carbocycles. The Morgan fingerprint density at radius 3 is 2.52 bits per heavy atom. The predicted octanol–water partition coefficient (Wildman–Crippen LogP) is 3.64. The van der Waals surface area contributed by atoms with E-state index in [2.05, 4.69) is 15.3 Å². The summed E-state index contributed by atoms with van der Waals surface area (Å²) in [5, 5.41) is 3.21. The molecule has 25 heavy (non-hydrogen) atoms. The van der Waals surface area contributed by atoms with Crippen LogP contribution in [0.5, 0.6) is 5.75 Å². The number of nitrogens with one attached hydrogen (secondary N) is 1. The van der Waals surface area contributed by atoms with Crippen molar-refractivity contribution in [3.63, 3.8) is 0 Å². The van der Waals surface area contributed by atoms with Gasteiger partial charge in [-0.05, 0) is 44.0 Å². The van der Waals surface area contributed by atoms with Gasteiger partial charge in [0.2, 0.25) is 0 Å². The zero-order valence-electron chi connectivity index (χ0n) is 14.6. The molecule has 1 aromatic heterocycles. The molecule has 1 fully saturated rings. The van der Waals surface area contributed by atoms with Gasteiger partial charge in [0, 0.05) is 24.8 Å². The first-order chi connectivity index (χ1) is 12.3. The highest BCUT2D eigenvalue weighted by Crippen LogP contribution is 2.20. The number of hydrogen-bond acceptors (Lipinski definition) is 5. The second-order valence-electron chi connectivity index (χ2n) is 6.08. The van der Waals surface area contributed by atoms with Gasteiger partial charge in [0.25, 0.3) is 5.91 Å². The second kappa shape index (κ2) is 8.46. The van der Waals surface area contributed by atoms with Crippen molar-refractivity contribution >= 4 is 17.4 Å². The van der Waals surface area contributed by atoms with Crippen LogP contribution < -0.4 is 10.1 Å².